The molecule has 5 heteroatoms. The van der Waals surface area contributed by atoms with Gasteiger partial charge in [-0.25, -0.2) is 4.98 Å². The molecule has 0 aliphatic carbocycles. The van der Waals surface area contributed by atoms with Gasteiger partial charge in [0.15, 0.2) is 0 Å². The van der Waals surface area contributed by atoms with Crippen molar-refractivity contribution in [2.75, 3.05) is 5.32 Å². The lowest BCUT2D eigenvalue weighted by molar-refractivity contribution is -0.114. The monoisotopic (exact) mass is 314 g/mol. The van der Waals surface area contributed by atoms with E-state index in [9.17, 15) is 4.79 Å². The van der Waals surface area contributed by atoms with Crippen molar-refractivity contribution in [1.29, 1.82) is 0 Å². The Balaban J connectivity index is 1.92. The zero-order valence-corrected chi connectivity index (χ0v) is 13.3. The van der Waals surface area contributed by atoms with Crippen LogP contribution in [0.1, 0.15) is 11.8 Å². The summed E-state index contributed by atoms with van der Waals surface area (Å²) in [5.74, 6) is -0.0627. The Hall–Kier alpha value is -1.98. The third-order valence-corrected chi connectivity index (χ3v) is 4.75. The third-order valence-electron chi connectivity index (χ3n) is 3.04. The van der Waals surface area contributed by atoms with Gasteiger partial charge in [0, 0.05) is 34.0 Å². The predicted molar refractivity (Wildman–Crippen MR) is 89.9 cm³/mol. The van der Waals surface area contributed by atoms with E-state index in [-0.39, 0.29) is 5.91 Å². The molecule has 0 atom stereocenters. The number of benzene rings is 1. The summed E-state index contributed by atoms with van der Waals surface area (Å²) in [5, 5.41) is 8.00. The highest BCUT2D eigenvalue weighted by atomic mass is 32.1. The number of amides is 1. The minimum absolute atomic E-state index is 0.0627. The van der Waals surface area contributed by atoms with Crippen LogP contribution in [0.3, 0.4) is 0 Å². The zero-order chi connectivity index (χ0) is 14.8. The molecule has 0 unspecified atom stereocenters. The SMILES string of the molecule is CC(=O)Nc1ccc(-c2nc(-c3ccsc3)sc2C)cc1. The number of carbonyl (C=O) groups is 1. The Morgan fingerprint density at radius 2 is 1.90 bits per heavy atom. The van der Waals surface area contributed by atoms with E-state index in [1.165, 1.54) is 17.4 Å². The van der Waals surface area contributed by atoms with Crippen LogP contribution in [-0.2, 0) is 4.79 Å². The fraction of sp³-hybridized carbons (Fsp3) is 0.125. The second-order valence-corrected chi connectivity index (χ2v) is 6.68. The number of hydrogen-bond acceptors (Lipinski definition) is 4. The van der Waals surface area contributed by atoms with Gasteiger partial charge in [0.2, 0.25) is 5.91 Å². The first kappa shape index (κ1) is 14.0. The Morgan fingerprint density at radius 1 is 1.14 bits per heavy atom. The van der Waals surface area contributed by atoms with Gasteiger partial charge in [-0.2, -0.15) is 11.3 Å². The van der Waals surface area contributed by atoms with Crippen molar-refractivity contribution in [3.8, 4) is 21.8 Å². The molecule has 3 nitrogen and oxygen atoms in total. The van der Waals surface area contributed by atoms with E-state index in [4.69, 9.17) is 4.98 Å². The third kappa shape index (κ3) is 3.04. The van der Waals surface area contributed by atoms with Gasteiger partial charge < -0.3 is 5.32 Å². The number of aromatic nitrogens is 1. The number of nitrogens with one attached hydrogen (secondary N) is 1. The molecule has 1 amide bonds. The highest BCUT2D eigenvalue weighted by Crippen LogP contribution is 2.34. The van der Waals surface area contributed by atoms with Gasteiger partial charge in [0.25, 0.3) is 0 Å². The van der Waals surface area contributed by atoms with E-state index in [1.807, 2.05) is 24.3 Å². The molecular weight excluding hydrogens is 300 g/mol. The van der Waals surface area contributed by atoms with E-state index in [2.05, 4.69) is 29.1 Å². The molecule has 1 N–H and O–H groups in total. The van der Waals surface area contributed by atoms with Gasteiger partial charge >= 0.3 is 0 Å². The molecule has 106 valence electrons. The maximum absolute atomic E-state index is 11.0. The van der Waals surface area contributed by atoms with Crippen LogP contribution in [0.2, 0.25) is 0 Å². The number of rotatable bonds is 3. The van der Waals surface area contributed by atoms with Crippen molar-refractivity contribution in [3.05, 3.63) is 46.0 Å². The summed E-state index contributed by atoms with van der Waals surface area (Å²) >= 11 is 3.39. The van der Waals surface area contributed by atoms with E-state index in [0.717, 1.165) is 22.0 Å². The molecule has 2 aromatic heterocycles. The molecule has 0 spiro atoms. The highest BCUT2D eigenvalue weighted by Gasteiger charge is 2.11. The van der Waals surface area contributed by atoms with Crippen LogP contribution in [-0.4, -0.2) is 10.9 Å². The quantitative estimate of drug-likeness (QED) is 0.754. The Kier molecular flexibility index (Phi) is 3.86. The number of nitrogens with zero attached hydrogens (tertiary/aromatic N) is 1. The van der Waals surface area contributed by atoms with E-state index in [0.29, 0.717) is 0 Å². The molecule has 1 aromatic carbocycles. The minimum Gasteiger partial charge on any atom is -0.326 e. The summed E-state index contributed by atoms with van der Waals surface area (Å²) < 4.78 is 0. The Morgan fingerprint density at radius 3 is 2.52 bits per heavy atom. The summed E-state index contributed by atoms with van der Waals surface area (Å²) in [6.45, 7) is 3.59. The molecule has 0 saturated heterocycles. The molecule has 0 fully saturated rings. The Bertz CT molecular complexity index is 758. The van der Waals surface area contributed by atoms with Gasteiger partial charge in [-0.1, -0.05) is 12.1 Å². The minimum atomic E-state index is -0.0627. The maximum Gasteiger partial charge on any atom is 0.221 e. The maximum atomic E-state index is 11.0. The first-order chi connectivity index (χ1) is 10.1. The summed E-state index contributed by atoms with van der Waals surface area (Å²) in [6.07, 6.45) is 0. The highest BCUT2D eigenvalue weighted by molar-refractivity contribution is 7.16. The van der Waals surface area contributed by atoms with Crippen molar-refractivity contribution < 1.29 is 4.79 Å². The molecule has 0 aliphatic heterocycles. The number of thiazole rings is 1. The summed E-state index contributed by atoms with van der Waals surface area (Å²) in [6, 6.07) is 9.88. The molecule has 2 heterocycles. The number of anilines is 1. The number of hydrogen-bond donors (Lipinski definition) is 1. The molecule has 21 heavy (non-hydrogen) atoms. The normalized spacial score (nSPS) is 10.6. The van der Waals surface area contributed by atoms with Crippen molar-refractivity contribution in [2.24, 2.45) is 0 Å². The molecule has 0 saturated carbocycles. The van der Waals surface area contributed by atoms with Crippen molar-refractivity contribution in [2.45, 2.75) is 13.8 Å². The van der Waals surface area contributed by atoms with Gasteiger partial charge in [0.05, 0.1) is 5.69 Å². The van der Waals surface area contributed by atoms with Crippen LogP contribution in [0.15, 0.2) is 41.1 Å². The molecule has 0 bridgehead atoms. The van der Waals surface area contributed by atoms with Crippen molar-refractivity contribution >= 4 is 34.3 Å². The van der Waals surface area contributed by atoms with Crippen LogP contribution in [0.4, 0.5) is 5.69 Å². The second-order valence-electron chi connectivity index (χ2n) is 4.69. The predicted octanol–water partition coefficient (Wildman–Crippen LogP) is 4.81. The fourth-order valence-electron chi connectivity index (χ4n) is 2.09. The van der Waals surface area contributed by atoms with Crippen molar-refractivity contribution in [1.82, 2.24) is 4.98 Å². The average molecular weight is 314 g/mol. The lowest BCUT2D eigenvalue weighted by Gasteiger charge is -2.03. The summed E-state index contributed by atoms with van der Waals surface area (Å²) in [7, 11) is 0. The number of carbonyl (C=O) groups excluding carboxylic acids is 1. The van der Waals surface area contributed by atoms with E-state index >= 15 is 0 Å². The lowest BCUT2D eigenvalue weighted by atomic mass is 10.1. The summed E-state index contributed by atoms with van der Waals surface area (Å²) in [4.78, 5) is 17.0. The molecular formula is C16H14N2OS2. The number of aryl methyl sites for hydroxylation is 1. The largest absolute Gasteiger partial charge is 0.326 e. The lowest BCUT2D eigenvalue weighted by Crippen LogP contribution is -2.05. The van der Waals surface area contributed by atoms with Gasteiger partial charge in [0.1, 0.15) is 5.01 Å². The Labute approximate surface area is 131 Å². The van der Waals surface area contributed by atoms with Crippen LogP contribution in [0, 0.1) is 6.92 Å². The smallest absolute Gasteiger partial charge is 0.221 e. The van der Waals surface area contributed by atoms with Crippen LogP contribution >= 0.6 is 22.7 Å². The molecule has 3 aromatic rings. The fourth-order valence-corrected chi connectivity index (χ4v) is 3.74. The van der Waals surface area contributed by atoms with Crippen LogP contribution in [0.25, 0.3) is 21.8 Å². The van der Waals surface area contributed by atoms with Gasteiger partial charge in [-0.15, -0.1) is 11.3 Å². The van der Waals surface area contributed by atoms with Crippen LogP contribution in [0.5, 0.6) is 0 Å². The molecule has 0 radical (unpaired) electrons. The molecule has 3 rings (SSSR count). The topological polar surface area (TPSA) is 42.0 Å². The first-order valence-electron chi connectivity index (χ1n) is 6.51. The van der Waals surface area contributed by atoms with Gasteiger partial charge in [-0.3, -0.25) is 4.79 Å². The van der Waals surface area contributed by atoms with Gasteiger partial charge in [-0.05, 0) is 30.5 Å². The first-order valence-corrected chi connectivity index (χ1v) is 8.27. The second kappa shape index (κ2) is 5.79. The molecule has 0 aliphatic rings. The number of thiophene rings is 1. The zero-order valence-electron chi connectivity index (χ0n) is 11.7. The summed E-state index contributed by atoms with van der Waals surface area (Å²) in [5.41, 5.74) is 4.06. The van der Waals surface area contributed by atoms with E-state index in [1.54, 1.807) is 22.7 Å². The standard InChI is InChI=1S/C16H14N2OS2/c1-10-15(18-16(21-10)13-7-8-20-9-13)12-3-5-14(6-4-12)17-11(2)19/h3-9H,1-2H3,(H,17,19). The average Bonchev–Trinajstić information content (AvgIpc) is 3.08. The van der Waals surface area contributed by atoms with Crippen molar-refractivity contribution in [3.63, 3.8) is 0 Å². The van der Waals surface area contributed by atoms with E-state index < -0.39 is 0 Å². The van der Waals surface area contributed by atoms with Crippen LogP contribution < -0.4 is 5.32 Å².